The summed E-state index contributed by atoms with van der Waals surface area (Å²) in [5.74, 6) is 0.475. The van der Waals surface area contributed by atoms with E-state index in [1.807, 2.05) is 0 Å². The summed E-state index contributed by atoms with van der Waals surface area (Å²) in [6.45, 7) is -1.98. The Morgan fingerprint density at radius 2 is 2.16 bits per heavy atom. The number of aromatic amines is 1. The lowest BCUT2D eigenvalue weighted by Gasteiger charge is -2.19. The van der Waals surface area contributed by atoms with E-state index in [9.17, 15) is 13.2 Å². The fourth-order valence-electron chi connectivity index (χ4n) is 2.39. The molecule has 11 heteroatoms. The minimum absolute atomic E-state index is 0.170. The van der Waals surface area contributed by atoms with Crippen LogP contribution in [0.4, 0.5) is 24.8 Å². The van der Waals surface area contributed by atoms with Crippen molar-refractivity contribution in [1.29, 1.82) is 0 Å². The number of halogens is 3. The van der Waals surface area contributed by atoms with Crippen molar-refractivity contribution in [2.75, 3.05) is 18.4 Å². The van der Waals surface area contributed by atoms with Crippen LogP contribution in [0.2, 0.25) is 0 Å². The predicted molar refractivity (Wildman–Crippen MR) is 82.0 cm³/mol. The van der Waals surface area contributed by atoms with E-state index < -0.39 is 18.9 Å². The smallest absolute Gasteiger partial charge is 0.388 e. The van der Waals surface area contributed by atoms with Crippen LogP contribution in [0.3, 0.4) is 0 Å². The number of ether oxygens (including phenoxy) is 2. The summed E-state index contributed by atoms with van der Waals surface area (Å²) < 4.78 is 48.0. The van der Waals surface area contributed by atoms with Gasteiger partial charge in [-0.05, 0) is 19.4 Å². The molecule has 1 saturated heterocycles. The van der Waals surface area contributed by atoms with E-state index in [0.29, 0.717) is 6.42 Å². The maximum Gasteiger partial charge on any atom is 0.388 e. The molecule has 0 bridgehead atoms. The third-order valence-corrected chi connectivity index (χ3v) is 3.50. The lowest BCUT2D eigenvalue weighted by Crippen LogP contribution is -2.33. The summed E-state index contributed by atoms with van der Waals surface area (Å²) in [5.41, 5.74) is 0. The second-order valence-corrected chi connectivity index (χ2v) is 5.38. The zero-order chi connectivity index (χ0) is 17.6. The lowest BCUT2D eigenvalue weighted by molar-refractivity contribution is -0.0528. The molecule has 25 heavy (non-hydrogen) atoms. The number of nitrogens with zero attached hydrogens (tertiary/aromatic N) is 3. The van der Waals surface area contributed by atoms with Gasteiger partial charge in [0.15, 0.2) is 5.82 Å². The standard InChI is InChI=1S/C14H17F3N6O2/c15-8-5-18-3-1-2-9(8)24-13-7-19-6-11(21-13)20-10-4-12(23-22-10)25-14(16)17/h4,6-9,14,18H,1-3,5H2,(H2,20,21,22,23)/t8-,9+/m1/s1. The summed E-state index contributed by atoms with van der Waals surface area (Å²) in [6.07, 6.45) is 2.43. The molecule has 2 aromatic heterocycles. The molecular formula is C14H17F3N6O2. The first kappa shape index (κ1) is 17.3. The largest absolute Gasteiger partial charge is 0.470 e. The Balaban J connectivity index is 1.63. The zero-order valence-corrected chi connectivity index (χ0v) is 13.1. The van der Waals surface area contributed by atoms with Crippen LogP contribution in [-0.2, 0) is 0 Å². The van der Waals surface area contributed by atoms with Crippen molar-refractivity contribution in [2.24, 2.45) is 0 Å². The molecule has 1 aliphatic heterocycles. The zero-order valence-electron chi connectivity index (χ0n) is 13.1. The Morgan fingerprint density at radius 1 is 1.28 bits per heavy atom. The Morgan fingerprint density at radius 3 is 3.00 bits per heavy atom. The average molecular weight is 358 g/mol. The van der Waals surface area contributed by atoms with Crippen molar-refractivity contribution in [2.45, 2.75) is 31.7 Å². The van der Waals surface area contributed by atoms with Crippen molar-refractivity contribution < 1.29 is 22.6 Å². The van der Waals surface area contributed by atoms with Crippen molar-refractivity contribution in [3.8, 4) is 11.8 Å². The summed E-state index contributed by atoms with van der Waals surface area (Å²) in [6, 6.07) is 1.25. The number of anilines is 2. The normalized spacial score (nSPS) is 21.0. The fourth-order valence-corrected chi connectivity index (χ4v) is 2.39. The number of alkyl halides is 3. The van der Waals surface area contributed by atoms with E-state index in [4.69, 9.17) is 4.74 Å². The Labute approximate surface area is 141 Å². The molecule has 0 amide bonds. The van der Waals surface area contributed by atoms with Gasteiger partial charge in [0.1, 0.15) is 18.1 Å². The molecule has 136 valence electrons. The second kappa shape index (κ2) is 8.01. The molecule has 0 radical (unpaired) electrons. The Hall–Kier alpha value is -2.56. The highest BCUT2D eigenvalue weighted by Gasteiger charge is 2.25. The van der Waals surface area contributed by atoms with Crippen molar-refractivity contribution in [3.05, 3.63) is 18.5 Å². The highest BCUT2D eigenvalue weighted by Crippen LogP contribution is 2.21. The fraction of sp³-hybridized carbons (Fsp3) is 0.500. The van der Waals surface area contributed by atoms with Gasteiger partial charge >= 0.3 is 6.61 Å². The van der Waals surface area contributed by atoms with Crippen LogP contribution in [0.15, 0.2) is 18.5 Å². The quantitative estimate of drug-likeness (QED) is 0.727. The molecule has 3 heterocycles. The summed E-state index contributed by atoms with van der Waals surface area (Å²) in [4.78, 5) is 8.15. The third-order valence-electron chi connectivity index (χ3n) is 3.50. The van der Waals surface area contributed by atoms with Crippen LogP contribution in [0, 0.1) is 0 Å². The molecule has 2 atom stereocenters. The van der Waals surface area contributed by atoms with Gasteiger partial charge in [0.05, 0.1) is 12.4 Å². The number of hydrogen-bond donors (Lipinski definition) is 3. The molecule has 3 rings (SSSR count). The monoisotopic (exact) mass is 358 g/mol. The molecule has 0 aromatic carbocycles. The maximum atomic E-state index is 14.0. The number of hydrogen-bond acceptors (Lipinski definition) is 7. The van der Waals surface area contributed by atoms with Gasteiger partial charge in [-0.25, -0.2) is 4.39 Å². The number of nitrogens with one attached hydrogen (secondary N) is 3. The number of aromatic nitrogens is 4. The SMILES string of the molecule is FC(F)Oc1cc(Nc2cncc(O[C@H]3CCCNC[C@H]3F)n2)[nH]n1. The first-order valence-corrected chi connectivity index (χ1v) is 7.71. The van der Waals surface area contributed by atoms with Gasteiger partial charge in [-0.2, -0.15) is 13.8 Å². The minimum atomic E-state index is -2.96. The number of rotatable bonds is 6. The molecule has 0 unspecified atom stereocenters. The van der Waals surface area contributed by atoms with Gasteiger partial charge in [0.25, 0.3) is 0 Å². The van der Waals surface area contributed by atoms with Crippen LogP contribution in [0.25, 0.3) is 0 Å². The molecule has 0 saturated carbocycles. The van der Waals surface area contributed by atoms with Crippen LogP contribution >= 0.6 is 0 Å². The van der Waals surface area contributed by atoms with Crippen LogP contribution in [-0.4, -0.2) is 52.1 Å². The van der Waals surface area contributed by atoms with E-state index >= 15 is 0 Å². The molecule has 2 aromatic rings. The van der Waals surface area contributed by atoms with Crippen molar-refractivity contribution in [1.82, 2.24) is 25.5 Å². The summed E-state index contributed by atoms with van der Waals surface area (Å²) >= 11 is 0. The van der Waals surface area contributed by atoms with Gasteiger partial charge < -0.3 is 20.1 Å². The van der Waals surface area contributed by atoms with Crippen molar-refractivity contribution >= 4 is 11.6 Å². The second-order valence-electron chi connectivity index (χ2n) is 5.38. The molecule has 0 aliphatic carbocycles. The minimum Gasteiger partial charge on any atom is -0.470 e. The third kappa shape index (κ3) is 4.95. The van der Waals surface area contributed by atoms with Gasteiger partial charge in [-0.3, -0.25) is 10.1 Å². The topological polar surface area (TPSA) is 97.0 Å². The van der Waals surface area contributed by atoms with Crippen LogP contribution in [0.5, 0.6) is 11.8 Å². The van der Waals surface area contributed by atoms with Gasteiger partial charge in [0.2, 0.25) is 11.8 Å². The first-order chi connectivity index (χ1) is 12.1. The predicted octanol–water partition coefficient (Wildman–Crippen LogP) is 2.01. The molecule has 8 nitrogen and oxygen atoms in total. The van der Waals surface area contributed by atoms with Gasteiger partial charge in [-0.15, -0.1) is 5.10 Å². The Bertz CT molecular complexity index is 686. The molecule has 1 aliphatic rings. The van der Waals surface area contributed by atoms with E-state index in [0.717, 1.165) is 13.0 Å². The maximum absolute atomic E-state index is 14.0. The highest BCUT2D eigenvalue weighted by molar-refractivity contribution is 5.51. The van der Waals surface area contributed by atoms with E-state index in [-0.39, 0.29) is 29.9 Å². The van der Waals surface area contributed by atoms with E-state index in [1.165, 1.54) is 18.5 Å². The lowest BCUT2D eigenvalue weighted by atomic mass is 10.1. The molecular weight excluding hydrogens is 341 g/mol. The van der Waals surface area contributed by atoms with Crippen LogP contribution in [0.1, 0.15) is 12.8 Å². The summed E-state index contributed by atoms with van der Waals surface area (Å²) in [5, 5.41) is 11.8. The Kier molecular flexibility index (Phi) is 5.53. The van der Waals surface area contributed by atoms with E-state index in [2.05, 4.69) is 35.5 Å². The average Bonchev–Trinajstić information content (AvgIpc) is 2.89. The summed E-state index contributed by atoms with van der Waals surface area (Å²) in [7, 11) is 0. The molecule has 3 N–H and O–H groups in total. The van der Waals surface area contributed by atoms with Crippen LogP contribution < -0.4 is 20.1 Å². The molecule has 1 fully saturated rings. The highest BCUT2D eigenvalue weighted by atomic mass is 19.3. The number of H-pyrrole nitrogens is 1. The van der Waals surface area contributed by atoms with Gasteiger partial charge in [-0.1, -0.05) is 0 Å². The van der Waals surface area contributed by atoms with E-state index in [1.54, 1.807) is 0 Å². The molecule has 0 spiro atoms. The van der Waals surface area contributed by atoms with Gasteiger partial charge in [0, 0.05) is 12.6 Å². The first-order valence-electron chi connectivity index (χ1n) is 7.71. The van der Waals surface area contributed by atoms with Crippen molar-refractivity contribution in [3.63, 3.8) is 0 Å².